The van der Waals surface area contributed by atoms with E-state index in [1.165, 1.54) is 12.1 Å². The average molecular weight is 414 g/mol. The molecule has 3 rings (SSSR count). The van der Waals surface area contributed by atoms with Gasteiger partial charge in [0.15, 0.2) is 0 Å². The van der Waals surface area contributed by atoms with E-state index in [4.69, 9.17) is 0 Å². The van der Waals surface area contributed by atoms with Gasteiger partial charge in [0.1, 0.15) is 5.54 Å². The number of hydrogen-bond donors (Lipinski definition) is 3. The maximum atomic E-state index is 12.8. The van der Waals surface area contributed by atoms with Crippen LogP contribution in [0.1, 0.15) is 12.8 Å². The Kier molecular flexibility index (Phi) is 7.37. The first kappa shape index (κ1) is 21.4. The molecule has 10 heteroatoms. The standard InChI is InChI=1S/C17H23N5O3S.ClH/c23-16(17(7-10-18-11-8-17)22-14-4-9-20-22)19-12-13-21-26(24,25)15-5-2-1-3-6-15;/h1-6,9,14,18,21H,7-8,10-13H2,(H,19,23);1H. The second kappa shape index (κ2) is 9.32. The number of benzene rings is 1. The van der Waals surface area contributed by atoms with Gasteiger partial charge in [-0.05, 0) is 44.1 Å². The predicted octanol–water partition coefficient (Wildman–Crippen LogP) is 0.478. The summed E-state index contributed by atoms with van der Waals surface area (Å²) < 4.78 is 28.6. The molecule has 3 N–H and O–H groups in total. The first-order valence-electron chi connectivity index (χ1n) is 8.58. The molecule has 0 aliphatic carbocycles. The number of amides is 1. The monoisotopic (exact) mass is 413 g/mol. The minimum absolute atomic E-state index is 0. The van der Waals surface area contributed by atoms with Crippen molar-refractivity contribution in [3.63, 3.8) is 0 Å². The van der Waals surface area contributed by atoms with Crippen LogP contribution < -0.4 is 15.4 Å². The molecule has 1 aliphatic heterocycles. The smallest absolute Gasteiger partial charge is 0.248 e. The van der Waals surface area contributed by atoms with E-state index in [-0.39, 0.29) is 36.3 Å². The molecule has 0 unspecified atom stereocenters. The van der Waals surface area contributed by atoms with Gasteiger partial charge in [-0.15, -0.1) is 12.4 Å². The molecule has 1 aromatic heterocycles. The van der Waals surface area contributed by atoms with Crippen molar-refractivity contribution in [2.75, 3.05) is 26.2 Å². The number of carbonyl (C=O) groups excluding carboxylic acids is 1. The number of nitrogens with zero attached hydrogens (tertiary/aromatic N) is 2. The maximum absolute atomic E-state index is 12.8. The lowest BCUT2D eigenvalue weighted by Crippen LogP contribution is -2.55. The zero-order valence-corrected chi connectivity index (χ0v) is 16.4. The third-order valence-corrected chi connectivity index (χ3v) is 6.03. The van der Waals surface area contributed by atoms with Crippen LogP contribution in [0.4, 0.5) is 0 Å². The van der Waals surface area contributed by atoms with E-state index in [0.29, 0.717) is 12.8 Å². The zero-order valence-electron chi connectivity index (χ0n) is 14.8. The number of carbonyl (C=O) groups is 1. The Morgan fingerprint density at radius 3 is 2.48 bits per heavy atom. The van der Waals surface area contributed by atoms with Crippen LogP contribution in [0.25, 0.3) is 0 Å². The molecule has 1 aliphatic rings. The fourth-order valence-corrected chi connectivity index (χ4v) is 4.18. The molecule has 2 heterocycles. The van der Waals surface area contributed by atoms with Crippen molar-refractivity contribution in [3.8, 4) is 0 Å². The van der Waals surface area contributed by atoms with Gasteiger partial charge in [-0.2, -0.15) is 5.10 Å². The highest BCUT2D eigenvalue weighted by atomic mass is 35.5. The Morgan fingerprint density at radius 2 is 1.85 bits per heavy atom. The Hall–Kier alpha value is -1.94. The third-order valence-electron chi connectivity index (χ3n) is 4.55. The SMILES string of the molecule is Cl.O=C(NCCNS(=O)(=O)c1ccccc1)C1(n2cccn2)CCNCC1. The van der Waals surface area contributed by atoms with Gasteiger partial charge in [0.05, 0.1) is 4.90 Å². The van der Waals surface area contributed by atoms with Crippen molar-refractivity contribution >= 4 is 28.3 Å². The Morgan fingerprint density at radius 1 is 1.15 bits per heavy atom. The highest BCUT2D eigenvalue weighted by Crippen LogP contribution is 2.27. The Labute approximate surface area is 165 Å². The molecule has 0 atom stereocenters. The van der Waals surface area contributed by atoms with Crippen LogP contribution in [0.3, 0.4) is 0 Å². The highest BCUT2D eigenvalue weighted by molar-refractivity contribution is 7.89. The summed E-state index contributed by atoms with van der Waals surface area (Å²) in [5, 5.41) is 10.4. The number of hydrogen-bond acceptors (Lipinski definition) is 5. The molecule has 8 nitrogen and oxygen atoms in total. The summed E-state index contributed by atoms with van der Waals surface area (Å²) in [6, 6.07) is 9.95. The van der Waals surface area contributed by atoms with E-state index in [1.54, 1.807) is 41.3 Å². The maximum Gasteiger partial charge on any atom is 0.248 e. The summed E-state index contributed by atoms with van der Waals surface area (Å²) >= 11 is 0. The van der Waals surface area contributed by atoms with Crippen LogP contribution >= 0.6 is 12.4 Å². The summed E-state index contributed by atoms with van der Waals surface area (Å²) in [6.07, 6.45) is 4.72. The van der Waals surface area contributed by atoms with Crippen molar-refractivity contribution in [3.05, 3.63) is 48.8 Å². The molecule has 27 heavy (non-hydrogen) atoms. The number of sulfonamides is 1. The van der Waals surface area contributed by atoms with Crippen LogP contribution in [-0.4, -0.2) is 50.3 Å². The molecule has 1 aromatic carbocycles. The minimum Gasteiger partial charge on any atom is -0.353 e. The molecule has 1 amide bonds. The van der Waals surface area contributed by atoms with Crippen molar-refractivity contribution in [1.29, 1.82) is 0 Å². The van der Waals surface area contributed by atoms with Crippen molar-refractivity contribution < 1.29 is 13.2 Å². The lowest BCUT2D eigenvalue weighted by Gasteiger charge is -2.36. The molecule has 0 radical (unpaired) electrons. The van der Waals surface area contributed by atoms with Gasteiger partial charge in [0.2, 0.25) is 15.9 Å². The minimum atomic E-state index is -3.57. The van der Waals surface area contributed by atoms with Crippen molar-refractivity contribution in [2.45, 2.75) is 23.3 Å². The molecule has 0 bridgehead atoms. The van der Waals surface area contributed by atoms with Gasteiger partial charge in [-0.1, -0.05) is 18.2 Å². The fraction of sp³-hybridized carbons (Fsp3) is 0.412. The van der Waals surface area contributed by atoms with Crippen LogP contribution in [0, 0.1) is 0 Å². The topological polar surface area (TPSA) is 105 Å². The molecule has 1 saturated heterocycles. The largest absolute Gasteiger partial charge is 0.353 e. The molecular formula is C17H24ClN5O3S. The highest BCUT2D eigenvalue weighted by Gasteiger charge is 2.41. The number of aromatic nitrogens is 2. The lowest BCUT2D eigenvalue weighted by molar-refractivity contribution is -0.131. The number of rotatable bonds is 7. The summed E-state index contributed by atoms with van der Waals surface area (Å²) in [5.41, 5.74) is -0.729. The van der Waals surface area contributed by atoms with E-state index in [2.05, 4.69) is 20.5 Å². The van der Waals surface area contributed by atoms with E-state index >= 15 is 0 Å². The van der Waals surface area contributed by atoms with Crippen LogP contribution in [0.5, 0.6) is 0 Å². The van der Waals surface area contributed by atoms with E-state index in [9.17, 15) is 13.2 Å². The number of halogens is 1. The predicted molar refractivity (Wildman–Crippen MR) is 104 cm³/mol. The fourth-order valence-electron chi connectivity index (χ4n) is 3.13. The molecular weight excluding hydrogens is 390 g/mol. The van der Waals surface area contributed by atoms with Crippen molar-refractivity contribution in [1.82, 2.24) is 25.1 Å². The van der Waals surface area contributed by atoms with Crippen LogP contribution in [0.15, 0.2) is 53.7 Å². The second-order valence-corrected chi connectivity index (χ2v) is 7.97. The third kappa shape index (κ3) is 4.86. The van der Waals surface area contributed by atoms with E-state index in [1.807, 2.05) is 0 Å². The van der Waals surface area contributed by atoms with E-state index < -0.39 is 15.6 Å². The van der Waals surface area contributed by atoms with E-state index in [0.717, 1.165) is 13.1 Å². The van der Waals surface area contributed by atoms with Gasteiger partial charge < -0.3 is 10.6 Å². The summed E-state index contributed by atoms with van der Waals surface area (Å²) in [5.74, 6) is -0.137. The quantitative estimate of drug-likeness (QED) is 0.572. The van der Waals surface area contributed by atoms with Gasteiger partial charge >= 0.3 is 0 Å². The van der Waals surface area contributed by atoms with Gasteiger partial charge in [-0.25, -0.2) is 13.1 Å². The number of nitrogens with one attached hydrogen (secondary N) is 3. The molecule has 2 aromatic rings. The lowest BCUT2D eigenvalue weighted by atomic mass is 9.87. The first-order valence-corrected chi connectivity index (χ1v) is 10.1. The van der Waals surface area contributed by atoms with Gasteiger partial charge in [0, 0.05) is 25.5 Å². The average Bonchev–Trinajstić information content (AvgIpc) is 3.22. The van der Waals surface area contributed by atoms with Gasteiger partial charge in [0.25, 0.3) is 0 Å². The molecule has 1 fully saturated rings. The summed E-state index contributed by atoms with van der Waals surface area (Å²) in [7, 11) is -3.57. The zero-order chi connectivity index (χ0) is 18.5. The van der Waals surface area contributed by atoms with Crippen LogP contribution in [-0.2, 0) is 20.4 Å². The molecule has 0 saturated carbocycles. The van der Waals surface area contributed by atoms with Crippen molar-refractivity contribution in [2.24, 2.45) is 0 Å². The second-order valence-electron chi connectivity index (χ2n) is 6.20. The summed E-state index contributed by atoms with van der Waals surface area (Å²) in [6.45, 7) is 1.79. The normalized spacial score (nSPS) is 16.3. The Balaban J connectivity index is 0.00000261. The summed E-state index contributed by atoms with van der Waals surface area (Å²) in [4.78, 5) is 13.0. The first-order chi connectivity index (χ1) is 12.5. The molecule has 148 valence electrons. The van der Waals surface area contributed by atoms with Gasteiger partial charge in [-0.3, -0.25) is 9.48 Å². The number of piperidine rings is 1. The molecule has 0 spiro atoms. The van der Waals surface area contributed by atoms with Crippen LogP contribution in [0.2, 0.25) is 0 Å². The Bertz CT molecular complexity index is 822.